The van der Waals surface area contributed by atoms with Crippen LogP contribution < -0.4 is 10.1 Å². The highest BCUT2D eigenvalue weighted by Gasteiger charge is 2.02. The Morgan fingerprint density at radius 1 is 1.40 bits per heavy atom. The van der Waals surface area contributed by atoms with Crippen molar-refractivity contribution >= 4 is 5.95 Å². The van der Waals surface area contributed by atoms with Crippen molar-refractivity contribution < 1.29 is 4.74 Å². The number of ether oxygens (including phenoxy) is 1. The number of imidazole rings is 1. The number of hydrogen-bond acceptors (Lipinski definition) is 3. The van der Waals surface area contributed by atoms with Gasteiger partial charge in [-0.2, -0.15) is 0 Å². The molecule has 0 aliphatic heterocycles. The third kappa shape index (κ3) is 1.93. The number of aromatic amines is 1. The first-order valence-corrected chi connectivity index (χ1v) is 4.70. The lowest BCUT2D eigenvalue weighted by Crippen LogP contribution is -1.89. The van der Waals surface area contributed by atoms with Gasteiger partial charge in [0.05, 0.1) is 19.0 Å². The molecular formula is C11H13N3O. The first-order valence-electron chi connectivity index (χ1n) is 4.70. The van der Waals surface area contributed by atoms with Crippen LogP contribution in [-0.2, 0) is 0 Å². The van der Waals surface area contributed by atoms with Gasteiger partial charge in [0.25, 0.3) is 0 Å². The number of aromatic nitrogens is 2. The van der Waals surface area contributed by atoms with Crippen molar-refractivity contribution in [1.29, 1.82) is 0 Å². The lowest BCUT2D eigenvalue weighted by molar-refractivity contribution is 0.415. The number of methoxy groups -OCH3 is 1. The summed E-state index contributed by atoms with van der Waals surface area (Å²) in [5, 5.41) is 2.95. The van der Waals surface area contributed by atoms with Crippen LogP contribution in [-0.4, -0.2) is 24.1 Å². The van der Waals surface area contributed by atoms with Gasteiger partial charge in [0.2, 0.25) is 0 Å². The Bertz CT molecular complexity index is 451. The quantitative estimate of drug-likeness (QED) is 0.803. The van der Waals surface area contributed by atoms with Crippen molar-refractivity contribution in [3.63, 3.8) is 0 Å². The summed E-state index contributed by atoms with van der Waals surface area (Å²) in [5.74, 6) is 1.60. The summed E-state index contributed by atoms with van der Waals surface area (Å²) in [6.45, 7) is 0. The van der Waals surface area contributed by atoms with Crippen LogP contribution in [0.4, 0.5) is 5.95 Å². The minimum atomic E-state index is 0.757. The molecule has 0 aliphatic rings. The molecular weight excluding hydrogens is 190 g/mol. The zero-order chi connectivity index (χ0) is 10.7. The van der Waals surface area contributed by atoms with E-state index < -0.39 is 0 Å². The molecule has 2 rings (SSSR count). The monoisotopic (exact) mass is 203 g/mol. The minimum Gasteiger partial charge on any atom is -0.497 e. The van der Waals surface area contributed by atoms with Gasteiger partial charge in [-0.1, -0.05) is 12.1 Å². The molecule has 4 heteroatoms. The molecule has 0 saturated carbocycles. The molecule has 0 saturated heterocycles. The van der Waals surface area contributed by atoms with Crippen LogP contribution in [0.15, 0.2) is 30.5 Å². The molecule has 1 aromatic carbocycles. The predicted molar refractivity (Wildman–Crippen MR) is 60.1 cm³/mol. The molecule has 2 aromatic rings. The second-order valence-electron chi connectivity index (χ2n) is 3.13. The molecule has 78 valence electrons. The Morgan fingerprint density at radius 2 is 2.27 bits per heavy atom. The molecule has 0 atom stereocenters. The standard InChI is InChI=1S/C11H13N3O/c1-12-11-13-7-10(14-11)8-4-3-5-9(6-8)15-2/h3-7H,1-2H3,(H2,12,13,14). The summed E-state index contributed by atoms with van der Waals surface area (Å²) in [7, 11) is 3.49. The van der Waals surface area contributed by atoms with Gasteiger partial charge < -0.3 is 15.0 Å². The van der Waals surface area contributed by atoms with Crippen LogP contribution >= 0.6 is 0 Å². The highest BCUT2D eigenvalue weighted by Crippen LogP contribution is 2.22. The van der Waals surface area contributed by atoms with Crippen LogP contribution in [0.25, 0.3) is 11.3 Å². The topological polar surface area (TPSA) is 49.9 Å². The van der Waals surface area contributed by atoms with E-state index in [9.17, 15) is 0 Å². The van der Waals surface area contributed by atoms with Gasteiger partial charge in [0.15, 0.2) is 5.95 Å². The lowest BCUT2D eigenvalue weighted by atomic mass is 10.1. The average Bonchev–Trinajstić information content (AvgIpc) is 2.78. The van der Waals surface area contributed by atoms with Gasteiger partial charge in [-0.05, 0) is 12.1 Å². The second kappa shape index (κ2) is 4.04. The maximum Gasteiger partial charge on any atom is 0.200 e. The summed E-state index contributed by atoms with van der Waals surface area (Å²) in [5.41, 5.74) is 2.03. The SMILES string of the molecule is CNc1ncc(-c2cccc(OC)c2)[nH]1. The second-order valence-corrected chi connectivity index (χ2v) is 3.13. The summed E-state index contributed by atoms with van der Waals surface area (Å²) in [6, 6.07) is 7.84. The molecule has 0 aliphatic carbocycles. The average molecular weight is 203 g/mol. The maximum atomic E-state index is 5.16. The van der Waals surface area contributed by atoms with Crippen LogP contribution in [0.5, 0.6) is 5.75 Å². The Labute approximate surface area is 88.3 Å². The molecule has 0 spiro atoms. The molecule has 2 N–H and O–H groups in total. The summed E-state index contributed by atoms with van der Waals surface area (Å²) < 4.78 is 5.16. The highest BCUT2D eigenvalue weighted by atomic mass is 16.5. The van der Waals surface area contributed by atoms with E-state index in [1.165, 1.54) is 0 Å². The smallest absolute Gasteiger partial charge is 0.200 e. The van der Waals surface area contributed by atoms with E-state index in [0.29, 0.717) is 0 Å². The van der Waals surface area contributed by atoms with Gasteiger partial charge in [-0.15, -0.1) is 0 Å². The zero-order valence-electron chi connectivity index (χ0n) is 8.74. The van der Waals surface area contributed by atoms with E-state index in [4.69, 9.17) is 4.74 Å². The highest BCUT2D eigenvalue weighted by molar-refractivity contribution is 5.62. The van der Waals surface area contributed by atoms with Gasteiger partial charge in [0.1, 0.15) is 5.75 Å². The van der Waals surface area contributed by atoms with Crippen LogP contribution in [0, 0.1) is 0 Å². The first kappa shape index (κ1) is 9.58. The van der Waals surface area contributed by atoms with E-state index in [2.05, 4.69) is 15.3 Å². The Morgan fingerprint density at radius 3 is 2.93 bits per heavy atom. The Kier molecular flexibility index (Phi) is 2.58. The molecule has 0 fully saturated rings. The molecule has 4 nitrogen and oxygen atoms in total. The number of benzene rings is 1. The predicted octanol–water partition coefficient (Wildman–Crippen LogP) is 2.13. The van der Waals surface area contributed by atoms with Crippen molar-refractivity contribution in [2.45, 2.75) is 0 Å². The number of H-pyrrole nitrogens is 1. The molecule has 0 unspecified atom stereocenters. The third-order valence-corrected chi connectivity index (χ3v) is 2.19. The van der Waals surface area contributed by atoms with Gasteiger partial charge in [-0.25, -0.2) is 4.98 Å². The van der Waals surface area contributed by atoms with E-state index in [1.807, 2.05) is 31.3 Å². The van der Waals surface area contributed by atoms with Crippen LogP contribution in [0.1, 0.15) is 0 Å². The summed E-state index contributed by atoms with van der Waals surface area (Å²) in [6.07, 6.45) is 1.79. The fourth-order valence-corrected chi connectivity index (χ4v) is 1.39. The zero-order valence-corrected chi connectivity index (χ0v) is 8.74. The number of nitrogens with one attached hydrogen (secondary N) is 2. The van der Waals surface area contributed by atoms with Crippen molar-refractivity contribution in [3.05, 3.63) is 30.5 Å². The Balaban J connectivity index is 2.35. The molecule has 15 heavy (non-hydrogen) atoms. The lowest BCUT2D eigenvalue weighted by Gasteiger charge is -2.01. The molecule has 1 heterocycles. The van der Waals surface area contributed by atoms with Crippen molar-refractivity contribution in [3.8, 4) is 17.0 Å². The Hall–Kier alpha value is -1.97. The number of hydrogen-bond donors (Lipinski definition) is 2. The van der Waals surface area contributed by atoms with Crippen molar-refractivity contribution in [2.75, 3.05) is 19.5 Å². The molecule has 1 aromatic heterocycles. The third-order valence-electron chi connectivity index (χ3n) is 2.19. The fraction of sp³-hybridized carbons (Fsp3) is 0.182. The molecule has 0 bridgehead atoms. The molecule has 0 amide bonds. The number of anilines is 1. The molecule has 0 radical (unpaired) electrons. The largest absolute Gasteiger partial charge is 0.497 e. The van der Waals surface area contributed by atoms with Crippen LogP contribution in [0.2, 0.25) is 0 Å². The van der Waals surface area contributed by atoms with Crippen LogP contribution in [0.3, 0.4) is 0 Å². The van der Waals surface area contributed by atoms with Crippen molar-refractivity contribution in [1.82, 2.24) is 9.97 Å². The normalized spacial score (nSPS) is 10.0. The van der Waals surface area contributed by atoms with Crippen molar-refractivity contribution in [2.24, 2.45) is 0 Å². The van der Waals surface area contributed by atoms with Gasteiger partial charge >= 0.3 is 0 Å². The van der Waals surface area contributed by atoms with E-state index >= 15 is 0 Å². The summed E-state index contributed by atoms with van der Waals surface area (Å²) >= 11 is 0. The first-order chi connectivity index (χ1) is 7.33. The number of rotatable bonds is 3. The minimum absolute atomic E-state index is 0.757. The van der Waals surface area contributed by atoms with E-state index in [0.717, 1.165) is 23.0 Å². The maximum absolute atomic E-state index is 5.16. The van der Waals surface area contributed by atoms with E-state index in [1.54, 1.807) is 13.3 Å². The summed E-state index contributed by atoms with van der Waals surface area (Å²) in [4.78, 5) is 7.31. The number of nitrogens with zero attached hydrogens (tertiary/aromatic N) is 1. The van der Waals surface area contributed by atoms with E-state index in [-0.39, 0.29) is 0 Å². The van der Waals surface area contributed by atoms with Gasteiger partial charge in [-0.3, -0.25) is 0 Å². The van der Waals surface area contributed by atoms with Gasteiger partial charge in [0, 0.05) is 12.6 Å². The fourth-order valence-electron chi connectivity index (χ4n) is 1.39.